The van der Waals surface area contributed by atoms with Crippen molar-refractivity contribution in [3.8, 4) is 0 Å². The summed E-state index contributed by atoms with van der Waals surface area (Å²) in [7, 11) is 0. The molecule has 0 unspecified atom stereocenters. The Balaban J connectivity index is 2.09. The Bertz CT molecular complexity index is 584. The fourth-order valence-electron chi connectivity index (χ4n) is 1.84. The quantitative estimate of drug-likeness (QED) is 0.549. The van der Waals surface area contributed by atoms with Crippen LogP contribution in [0.15, 0.2) is 30.3 Å². The van der Waals surface area contributed by atoms with Crippen molar-refractivity contribution in [2.45, 2.75) is 12.8 Å². The highest BCUT2D eigenvalue weighted by atomic mass is 16.3. The third kappa shape index (κ3) is 3.42. The first-order chi connectivity index (χ1) is 9.20. The molecule has 0 saturated carbocycles. The Morgan fingerprint density at radius 3 is 2.95 bits per heavy atom. The lowest BCUT2D eigenvalue weighted by atomic mass is 10.1. The van der Waals surface area contributed by atoms with Crippen molar-refractivity contribution in [2.24, 2.45) is 0 Å². The SMILES string of the molecule is Nc1cccc2ccc(CC(=O)NCCCO)nc12. The molecule has 0 aliphatic rings. The molecule has 0 aliphatic heterocycles. The molecule has 0 radical (unpaired) electrons. The van der Waals surface area contributed by atoms with Gasteiger partial charge in [-0.3, -0.25) is 9.78 Å². The summed E-state index contributed by atoms with van der Waals surface area (Å²) < 4.78 is 0. The van der Waals surface area contributed by atoms with Crippen LogP contribution in [0.4, 0.5) is 5.69 Å². The van der Waals surface area contributed by atoms with Crippen molar-refractivity contribution in [3.05, 3.63) is 36.0 Å². The summed E-state index contributed by atoms with van der Waals surface area (Å²) in [4.78, 5) is 16.1. The number of nitrogens with two attached hydrogens (primary N) is 1. The molecular formula is C14H17N3O2. The summed E-state index contributed by atoms with van der Waals surface area (Å²) in [5.41, 5.74) is 7.89. The van der Waals surface area contributed by atoms with Gasteiger partial charge in [0, 0.05) is 18.5 Å². The molecule has 5 nitrogen and oxygen atoms in total. The lowest BCUT2D eigenvalue weighted by Gasteiger charge is -2.06. The van der Waals surface area contributed by atoms with Crippen molar-refractivity contribution >= 4 is 22.5 Å². The van der Waals surface area contributed by atoms with E-state index in [2.05, 4.69) is 10.3 Å². The van der Waals surface area contributed by atoms with E-state index in [1.165, 1.54) is 0 Å². The highest BCUT2D eigenvalue weighted by Crippen LogP contribution is 2.18. The highest BCUT2D eigenvalue weighted by molar-refractivity contribution is 5.89. The van der Waals surface area contributed by atoms with Gasteiger partial charge in [-0.2, -0.15) is 0 Å². The molecule has 0 saturated heterocycles. The number of hydrogen-bond donors (Lipinski definition) is 3. The van der Waals surface area contributed by atoms with E-state index in [4.69, 9.17) is 10.8 Å². The first-order valence-corrected chi connectivity index (χ1v) is 6.22. The number of pyridine rings is 1. The van der Waals surface area contributed by atoms with Gasteiger partial charge in [0.05, 0.1) is 23.3 Å². The molecule has 4 N–H and O–H groups in total. The van der Waals surface area contributed by atoms with Crippen LogP contribution in [0.1, 0.15) is 12.1 Å². The molecule has 1 aromatic carbocycles. The Hall–Kier alpha value is -2.14. The fourth-order valence-corrected chi connectivity index (χ4v) is 1.84. The number of fused-ring (bicyclic) bond motifs is 1. The van der Waals surface area contributed by atoms with Gasteiger partial charge in [0.15, 0.2) is 0 Å². The molecule has 2 aromatic rings. The van der Waals surface area contributed by atoms with Crippen LogP contribution in [-0.2, 0) is 11.2 Å². The van der Waals surface area contributed by atoms with Gasteiger partial charge in [0.1, 0.15) is 0 Å². The molecule has 1 amide bonds. The van der Waals surface area contributed by atoms with E-state index in [1.54, 1.807) is 6.07 Å². The summed E-state index contributed by atoms with van der Waals surface area (Å²) >= 11 is 0. The van der Waals surface area contributed by atoms with Gasteiger partial charge in [-0.05, 0) is 18.6 Å². The Labute approximate surface area is 111 Å². The van der Waals surface area contributed by atoms with Gasteiger partial charge in [0.2, 0.25) is 5.91 Å². The van der Waals surface area contributed by atoms with Crippen molar-refractivity contribution in [1.82, 2.24) is 10.3 Å². The number of amides is 1. The third-order valence-corrected chi connectivity index (χ3v) is 2.81. The third-order valence-electron chi connectivity index (χ3n) is 2.81. The maximum Gasteiger partial charge on any atom is 0.226 e. The number of carbonyl (C=O) groups excluding carboxylic acids is 1. The maximum absolute atomic E-state index is 11.6. The molecule has 100 valence electrons. The largest absolute Gasteiger partial charge is 0.397 e. The molecule has 1 heterocycles. The Kier molecular flexibility index (Phi) is 4.30. The zero-order chi connectivity index (χ0) is 13.7. The summed E-state index contributed by atoms with van der Waals surface area (Å²) in [6, 6.07) is 9.34. The van der Waals surface area contributed by atoms with E-state index in [-0.39, 0.29) is 18.9 Å². The van der Waals surface area contributed by atoms with E-state index < -0.39 is 0 Å². The molecule has 0 spiro atoms. The Morgan fingerprint density at radius 2 is 2.16 bits per heavy atom. The van der Waals surface area contributed by atoms with Gasteiger partial charge >= 0.3 is 0 Å². The standard InChI is InChI=1S/C14H17N3O2/c15-12-4-1-3-10-5-6-11(17-14(10)12)9-13(19)16-7-2-8-18/h1,3-6,18H,2,7-9,15H2,(H,16,19). The minimum absolute atomic E-state index is 0.0744. The number of hydrogen-bond acceptors (Lipinski definition) is 4. The molecule has 0 fully saturated rings. The summed E-state index contributed by atoms with van der Waals surface area (Å²) in [5, 5.41) is 12.3. The van der Waals surface area contributed by atoms with Crippen LogP contribution in [0.3, 0.4) is 0 Å². The summed E-state index contributed by atoms with van der Waals surface area (Å²) in [6.07, 6.45) is 0.777. The van der Waals surface area contributed by atoms with E-state index in [0.717, 1.165) is 10.9 Å². The van der Waals surface area contributed by atoms with Gasteiger partial charge < -0.3 is 16.2 Å². The Morgan fingerprint density at radius 1 is 1.32 bits per heavy atom. The molecule has 5 heteroatoms. The van der Waals surface area contributed by atoms with E-state index in [1.807, 2.05) is 24.3 Å². The van der Waals surface area contributed by atoms with Crippen LogP contribution < -0.4 is 11.1 Å². The average molecular weight is 259 g/mol. The highest BCUT2D eigenvalue weighted by Gasteiger charge is 2.06. The van der Waals surface area contributed by atoms with Crippen molar-refractivity contribution < 1.29 is 9.90 Å². The molecule has 0 bridgehead atoms. The first kappa shape index (κ1) is 13.3. The van der Waals surface area contributed by atoms with Crippen molar-refractivity contribution in [1.29, 1.82) is 0 Å². The lowest BCUT2D eigenvalue weighted by Crippen LogP contribution is -2.26. The summed E-state index contributed by atoms with van der Waals surface area (Å²) in [5.74, 6) is -0.102. The number of carbonyl (C=O) groups is 1. The van der Waals surface area contributed by atoms with Gasteiger partial charge in [0.25, 0.3) is 0 Å². The summed E-state index contributed by atoms with van der Waals surface area (Å²) in [6.45, 7) is 0.552. The zero-order valence-electron chi connectivity index (χ0n) is 10.6. The van der Waals surface area contributed by atoms with Gasteiger partial charge in [-0.1, -0.05) is 18.2 Å². The van der Waals surface area contributed by atoms with Crippen molar-refractivity contribution in [3.63, 3.8) is 0 Å². The molecular weight excluding hydrogens is 242 g/mol. The van der Waals surface area contributed by atoms with E-state index >= 15 is 0 Å². The maximum atomic E-state index is 11.6. The first-order valence-electron chi connectivity index (χ1n) is 6.22. The zero-order valence-corrected chi connectivity index (χ0v) is 10.6. The van der Waals surface area contributed by atoms with E-state index in [9.17, 15) is 4.79 Å². The molecule has 0 aliphatic carbocycles. The van der Waals surface area contributed by atoms with Crippen LogP contribution in [-0.4, -0.2) is 29.1 Å². The number of aromatic nitrogens is 1. The minimum atomic E-state index is -0.102. The van der Waals surface area contributed by atoms with Crippen LogP contribution in [0, 0.1) is 0 Å². The number of rotatable bonds is 5. The number of nitrogens with one attached hydrogen (secondary N) is 1. The number of aliphatic hydroxyl groups excluding tert-OH is 1. The number of benzene rings is 1. The normalized spacial score (nSPS) is 10.6. The predicted molar refractivity (Wildman–Crippen MR) is 74.6 cm³/mol. The van der Waals surface area contributed by atoms with Gasteiger partial charge in [-0.15, -0.1) is 0 Å². The smallest absolute Gasteiger partial charge is 0.226 e. The monoisotopic (exact) mass is 259 g/mol. The molecule has 19 heavy (non-hydrogen) atoms. The van der Waals surface area contributed by atoms with Crippen LogP contribution >= 0.6 is 0 Å². The van der Waals surface area contributed by atoms with E-state index in [0.29, 0.717) is 24.3 Å². The van der Waals surface area contributed by atoms with Crippen LogP contribution in [0.25, 0.3) is 10.9 Å². The number of para-hydroxylation sites is 1. The minimum Gasteiger partial charge on any atom is -0.397 e. The second-order valence-corrected chi connectivity index (χ2v) is 4.33. The van der Waals surface area contributed by atoms with Crippen LogP contribution in [0.2, 0.25) is 0 Å². The molecule has 1 aromatic heterocycles. The lowest BCUT2D eigenvalue weighted by molar-refractivity contribution is -0.120. The number of aliphatic hydroxyl groups is 1. The van der Waals surface area contributed by atoms with Gasteiger partial charge in [-0.25, -0.2) is 0 Å². The number of nitrogens with zero attached hydrogens (tertiary/aromatic N) is 1. The number of anilines is 1. The second-order valence-electron chi connectivity index (χ2n) is 4.33. The van der Waals surface area contributed by atoms with Crippen LogP contribution in [0.5, 0.6) is 0 Å². The molecule has 2 rings (SSSR count). The predicted octanol–water partition coefficient (Wildman–Crippen LogP) is 0.858. The molecule has 0 atom stereocenters. The number of nitrogen functional groups attached to an aromatic ring is 1. The second kappa shape index (κ2) is 6.15. The van der Waals surface area contributed by atoms with Crippen molar-refractivity contribution in [2.75, 3.05) is 18.9 Å². The topological polar surface area (TPSA) is 88.2 Å². The average Bonchev–Trinajstić information content (AvgIpc) is 2.40. The fraction of sp³-hybridized carbons (Fsp3) is 0.286.